The fourth-order valence-electron chi connectivity index (χ4n) is 3.44. The maximum atomic E-state index is 12.2. The molecule has 0 radical (unpaired) electrons. The highest BCUT2D eigenvalue weighted by Crippen LogP contribution is 2.18. The Labute approximate surface area is 178 Å². The monoisotopic (exact) mass is 422 g/mol. The van der Waals surface area contributed by atoms with Crippen LogP contribution in [-0.2, 0) is 4.79 Å². The molecule has 11 heteroatoms. The van der Waals surface area contributed by atoms with Gasteiger partial charge >= 0.3 is 0 Å². The van der Waals surface area contributed by atoms with E-state index in [1.165, 1.54) is 24.3 Å². The maximum Gasteiger partial charge on any atom is 0.269 e. The molecule has 0 unspecified atom stereocenters. The van der Waals surface area contributed by atoms with Gasteiger partial charge in [-0.3, -0.25) is 19.8 Å². The number of non-ortho nitro benzene ring substituents is 1. The molecule has 1 fully saturated rings. The number of nitro groups is 1. The number of aromatic nitrogens is 4. The Bertz CT molecular complexity index is 1030. The predicted molar refractivity (Wildman–Crippen MR) is 114 cm³/mol. The number of tetrazole rings is 1. The summed E-state index contributed by atoms with van der Waals surface area (Å²) in [5.74, 6) is 0.589. The number of hydrogen-bond donors (Lipinski definition) is 1. The van der Waals surface area contributed by atoms with Gasteiger partial charge in [0.2, 0.25) is 11.9 Å². The molecule has 1 saturated heterocycles. The number of amides is 1. The average Bonchev–Trinajstić information content (AvgIpc) is 3.29. The van der Waals surface area contributed by atoms with Crippen LogP contribution < -0.4 is 10.2 Å². The SMILES string of the molecule is O=C(CCN1CCN(c2nnnn2-c2ccccc2)CC1)Nc1ccc([N+](=O)[O-])cc1. The number of carbonyl (C=O) groups excluding carboxylic acids is 1. The number of nitrogens with zero attached hydrogens (tertiary/aromatic N) is 7. The van der Waals surface area contributed by atoms with Crippen LogP contribution in [-0.4, -0.2) is 68.7 Å². The molecule has 1 amide bonds. The Morgan fingerprint density at radius 3 is 2.42 bits per heavy atom. The number of carbonyl (C=O) groups is 1. The molecular formula is C20H22N8O3. The molecule has 0 atom stereocenters. The van der Waals surface area contributed by atoms with Crippen LogP contribution >= 0.6 is 0 Å². The normalized spacial score (nSPS) is 14.4. The second-order valence-electron chi connectivity index (χ2n) is 7.16. The van der Waals surface area contributed by atoms with Gasteiger partial charge in [0, 0.05) is 57.0 Å². The summed E-state index contributed by atoms with van der Waals surface area (Å²) in [6.07, 6.45) is 0.346. The molecule has 0 aliphatic carbocycles. The van der Waals surface area contributed by atoms with E-state index in [0.717, 1.165) is 31.9 Å². The molecule has 160 valence electrons. The van der Waals surface area contributed by atoms with Gasteiger partial charge in [0.15, 0.2) is 0 Å². The highest BCUT2D eigenvalue weighted by molar-refractivity contribution is 5.90. The minimum atomic E-state index is -0.469. The smallest absolute Gasteiger partial charge is 0.269 e. The minimum Gasteiger partial charge on any atom is -0.337 e. The van der Waals surface area contributed by atoms with Gasteiger partial charge in [-0.05, 0) is 34.7 Å². The maximum absolute atomic E-state index is 12.2. The molecule has 1 aliphatic rings. The number of hydrogen-bond acceptors (Lipinski definition) is 8. The van der Waals surface area contributed by atoms with Crippen LogP contribution in [0.3, 0.4) is 0 Å². The highest BCUT2D eigenvalue weighted by Gasteiger charge is 2.22. The Morgan fingerprint density at radius 2 is 1.74 bits per heavy atom. The summed E-state index contributed by atoms with van der Waals surface area (Å²) in [7, 11) is 0. The lowest BCUT2D eigenvalue weighted by molar-refractivity contribution is -0.384. The van der Waals surface area contributed by atoms with E-state index in [4.69, 9.17) is 0 Å². The molecule has 1 aromatic heterocycles. The lowest BCUT2D eigenvalue weighted by atomic mass is 10.2. The summed E-state index contributed by atoms with van der Waals surface area (Å²) in [6, 6.07) is 15.6. The summed E-state index contributed by atoms with van der Waals surface area (Å²) in [6.45, 7) is 3.75. The first-order chi connectivity index (χ1) is 15.1. The zero-order chi connectivity index (χ0) is 21.6. The number of para-hydroxylation sites is 1. The van der Waals surface area contributed by atoms with Crippen molar-refractivity contribution in [3.05, 3.63) is 64.7 Å². The summed E-state index contributed by atoms with van der Waals surface area (Å²) in [4.78, 5) is 26.8. The zero-order valence-corrected chi connectivity index (χ0v) is 16.8. The average molecular weight is 422 g/mol. The molecule has 0 spiro atoms. The molecule has 1 N–H and O–H groups in total. The predicted octanol–water partition coefficient (Wildman–Crippen LogP) is 1.72. The molecule has 31 heavy (non-hydrogen) atoms. The first-order valence-electron chi connectivity index (χ1n) is 9.95. The van der Waals surface area contributed by atoms with Crippen molar-refractivity contribution in [1.82, 2.24) is 25.1 Å². The number of rotatable bonds is 7. The van der Waals surface area contributed by atoms with Gasteiger partial charge in [-0.1, -0.05) is 23.3 Å². The third kappa shape index (κ3) is 5.01. The van der Waals surface area contributed by atoms with Crippen LogP contribution in [0.2, 0.25) is 0 Å². The van der Waals surface area contributed by atoms with Crippen LogP contribution in [0, 0.1) is 10.1 Å². The van der Waals surface area contributed by atoms with Gasteiger partial charge in [0.25, 0.3) is 5.69 Å². The van der Waals surface area contributed by atoms with Crippen molar-refractivity contribution in [2.45, 2.75) is 6.42 Å². The molecule has 4 rings (SSSR count). The van der Waals surface area contributed by atoms with E-state index in [2.05, 4.69) is 30.6 Å². The van der Waals surface area contributed by atoms with Gasteiger partial charge in [-0.15, -0.1) is 0 Å². The molecule has 0 bridgehead atoms. The van der Waals surface area contributed by atoms with Crippen LogP contribution in [0.15, 0.2) is 54.6 Å². The number of nitrogens with one attached hydrogen (secondary N) is 1. The van der Waals surface area contributed by atoms with Gasteiger partial charge in [-0.2, -0.15) is 4.68 Å². The lowest BCUT2D eigenvalue weighted by Crippen LogP contribution is -2.47. The first kappa shape index (κ1) is 20.4. The number of anilines is 2. The molecule has 2 heterocycles. The lowest BCUT2D eigenvalue weighted by Gasteiger charge is -2.34. The van der Waals surface area contributed by atoms with Crippen molar-refractivity contribution in [1.29, 1.82) is 0 Å². The van der Waals surface area contributed by atoms with Crippen LogP contribution in [0.4, 0.5) is 17.3 Å². The van der Waals surface area contributed by atoms with Gasteiger partial charge in [-0.25, -0.2) is 0 Å². The summed E-state index contributed by atoms with van der Waals surface area (Å²) >= 11 is 0. The minimum absolute atomic E-state index is 0.00540. The molecule has 2 aromatic carbocycles. The van der Waals surface area contributed by atoms with E-state index in [1.54, 1.807) is 4.68 Å². The van der Waals surface area contributed by atoms with E-state index < -0.39 is 4.92 Å². The zero-order valence-electron chi connectivity index (χ0n) is 16.8. The molecule has 3 aromatic rings. The standard InChI is InChI=1S/C20H22N8O3/c29-19(21-16-6-8-18(9-7-16)28(30)31)10-11-25-12-14-26(15-13-25)20-22-23-24-27(20)17-4-2-1-3-5-17/h1-9H,10-15H2,(H,21,29). The largest absolute Gasteiger partial charge is 0.337 e. The van der Waals surface area contributed by atoms with Crippen LogP contribution in [0.25, 0.3) is 5.69 Å². The van der Waals surface area contributed by atoms with Crippen molar-refractivity contribution < 1.29 is 9.72 Å². The Morgan fingerprint density at radius 1 is 1.03 bits per heavy atom. The van der Waals surface area contributed by atoms with E-state index in [0.29, 0.717) is 24.6 Å². The van der Waals surface area contributed by atoms with Crippen molar-refractivity contribution in [3.63, 3.8) is 0 Å². The van der Waals surface area contributed by atoms with Crippen LogP contribution in [0.5, 0.6) is 0 Å². The first-order valence-corrected chi connectivity index (χ1v) is 9.95. The Balaban J connectivity index is 1.25. The number of nitro benzene ring substituents is 1. The summed E-state index contributed by atoms with van der Waals surface area (Å²) < 4.78 is 1.73. The van der Waals surface area contributed by atoms with Crippen molar-refractivity contribution in [2.75, 3.05) is 42.9 Å². The summed E-state index contributed by atoms with van der Waals surface area (Å²) in [5.41, 5.74) is 1.45. The van der Waals surface area contributed by atoms with E-state index in [-0.39, 0.29) is 11.6 Å². The quantitative estimate of drug-likeness (QED) is 0.451. The van der Waals surface area contributed by atoms with Crippen molar-refractivity contribution in [3.8, 4) is 5.69 Å². The molecule has 11 nitrogen and oxygen atoms in total. The second-order valence-corrected chi connectivity index (χ2v) is 7.16. The van der Waals surface area contributed by atoms with Gasteiger partial charge in [0.05, 0.1) is 10.6 Å². The van der Waals surface area contributed by atoms with Gasteiger partial charge < -0.3 is 10.2 Å². The topological polar surface area (TPSA) is 122 Å². The summed E-state index contributed by atoms with van der Waals surface area (Å²) in [5, 5.41) is 25.6. The van der Waals surface area contributed by atoms with Crippen molar-refractivity contribution >= 4 is 23.2 Å². The van der Waals surface area contributed by atoms with E-state index >= 15 is 0 Å². The van der Waals surface area contributed by atoms with Crippen molar-refractivity contribution in [2.24, 2.45) is 0 Å². The molecule has 1 aliphatic heterocycles. The Hall–Kier alpha value is -3.86. The fraction of sp³-hybridized carbons (Fsp3) is 0.300. The Kier molecular flexibility index (Phi) is 6.13. The second kappa shape index (κ2) is 9.30. The third-order valence-electron chi connectivity index (χ3n) is 5.13. The number of piperazine rings is 1. The van der Waals surface area contributed by atoms with Gasteiger partial charge in [0.1, 0.15) is 0 Å². The highest BCUT2D eigenvalue weighted by atomic mass is 16.6. The van der Waals surface area contributed by atoms with E-state index in [9.17, 15) is 14.9 Å². The molecule has 0 saturated carbocycles. The number of benzene rings is 2. The third-order valence-corrected chi connectivity index (χ3v) is 5.13. The molecular weight excluding hydrogens is 400 g/mol. The van der Waals surface area contributed by atoms with Crippen LogP contribution in [0.1, 0.15) is 6.42 Å². The fourth-order valence-corrected chi connectivity index (χ4v) is 3.44. The van der Waals surface area contributed by atoms with E-state index in [1.807, 2.05) is 30.3 Å².